The van der Waals surface area contributed by atoms with E-state index in [1.807, 2.05) is 6.92 Å². The van der Waals surface area contributed by atoms with Crippen LogP contribution in [-0.2, 0) is 26.2 Å². The number of amides is 2. The van der Waals surface area contributed by atoms with Crippen molar-refractivity contribution in [2.75, 3.05) is 17.4 Å². The van der Waals surface area contributed by atoms with Crippen LogP contribution in [0.25, 0.3) is 0 Å². The summed E-state index contributed by atoms with van der Waals surface area (Å²) in [4.78, 5) is 27.8. The zero-order valence-corrected chi connectivity index (χ0v) is 22.1. The molecule has 36 heavy (non-hydrogen) atoms. The Balaban J connectivity index is 2.00. The maximum atomic E-state index is 13.7. The molecule has 7 nitrogen and oxygen atoms in total. The summed E-state index contributed by atoms with van der Waals surface area (Å²) in [7, 11) is -4.06. The minimum atomic E-state index is -4.06. The van der Waals surface area contributed by atoms with E-state index in [0.29, 0.717) is 17.3 Å². The molecular formula is C27H30ClN3O4S. The first-order valence-corrected chi connectivity index (χ1v) is 13.4. The number of hydrogen-bond acceptors (Lipinski definition) is 4. The summed E-state index contributed by atoms with van der Waals surface area (Å²) in [6.45, 7) is 5.36. The van der Waals surface area contributed by atoms with Gasteiger partial charge in [0.15, 0.2) is 0 Å². The maximum absolute atomic E-state index is 13.7. The van der Waals surface area contributed by atoms with Crippen LogP contribution in [0.3, 0.4) is 0 Å². The van der Waals surface area contributed by atoms with E-state index in [1.165, 1.54) is 17.0 Å². The number of anilines is 1. The van der Waals surface area contributed by atoms with Crippen molar-refractivity contribution in [1.29, 1.82) is 0 Å². The Labute approximate surface area is 217 Å². The molecule has 190 valence electrons. The largest absolute Gasteiger partial charge is 0.355 e. The molecule has 1 N–H and O–H groups in total. The molecule has 1 unspecified atom stereocenters. The molecule has 9 heteroatoms. The number of halogens is 1. The number of nitrogens with one attached hydrogen (secondary N) is 1. The van der Waals surface area contributed by atoms with Gasteiger partial charge in [-0.2, -0.15) is 0 Å². The molecular weight excluding hydrogens is 498 g/mol. The lowest BCUT2D eigenvalue weighted by atomic mass is 10.1. The van der Waals surface area contributed by atoms with Crippen LogP contribution in [0.5, 0.6) is 0 Å². The number of sulfonamides is 1. The number of carbonyl (C=O) groups is 2. The highest BCUT2D eigenvalue weighted by Gasteiger charge is 2.32. The first kappa shape index (κ1) is 27.2. The molecule has 3 rings (SSSR count). The lowest BCUT2D eigenvalue weighted by molar-refractivity contribution is -0.139. The highest BCUT2D eigenvalue weighted by Crippen LogP contribution is 2.25. The second kappa shape index (κ2) is 12.1. The summed E-state index contributed by atoms with van der Waals surface area (Å²) in [6.07, 6.45) is 0. The van der Waals surface area contributed by atoms with Crippen LogP contribution in [0.15, 0.2) is 83.8 Å². The Morgan fingerprint density at radius 2 is 1.56 bits per heavy atom. The van der Waals surface area contributed by atoms with Gasteiger partial charge in [-0.1, -0.05) is 59.6 Å². The highest BCUT2D eigenvalue weighted by atomic mass is 35.5. The van der Waals surface area contributed by atoms with Gasteiger partial charge in [0.1, 0.15) is 12.6 Å². The average molecular weight is 528 g/mol. The topological polar surface area (TPSA) is 86.8 Å². The number of hydrogen-bond donors (Lipinski definition) is 1. The zero-order chi connectivity index (χ0) is 26.3. The average Bonchev–Trinajstić information content (AvgIpc) is 2.87. The number of rotatable bonds is 10. The Bertz CT molecular complexity index is 1280. The van der Waals surface area contributed by atoms with Crippen LogP contribution < -0.4 is 9.62 Å². The quantitative estimate of drug-likeness (QED) is 0.423. The summed E-state index contributed by atoms with van der Waals surface area (Å²) in [5, 5.41) is 3.29. The number of aryl methyl sites for hydroxylation is 1. The third kappa shape index (κ3) is 6.65. The van der Waals surface area contributed by atoms with Gasteiger partial charge in [0.2, 0.25) is 11.8 Å². The van der Waals surface area contributed by atoms with Crippen molar-refractivity contribution in [3.05, 3.63) is 95.0 Å². The van der Waals surface area contributed by atoms with E-state index in [2.05, 4.69) is 5.32 Å². The van der Waals surface area contributed by atoms with Crippen LogP contribution in [0.4, 0.5) is 5.69 Å². The van der Waals surface area contributed by atoms with Crippen molar-refractivity contribution in [2.24, 2.45) is 0 Å². The molecule has 0 heterocycles. The molecule has 0 aliphatic rings. The molecule has 0 aliphatic carbocycles. The molecule has 1 atom stereocenters. The monoisotopic (exact) mass is 527 g/mol. The molecule has 3 aromatic carbocycles. The van der Waals surface area contributed by atoms with Crippen molar-refractivity contribution in [2.45, 2.75) is 38.3 Å². The van der Waals surface area contributed by atoms with E-state index < -0.39 is 28.5 Å². The van der Waals surface area contributed by atoms with Crippen molar-refractivity contribution < 1.29 is 18.0 Å². The van der Waals surface area contributed by atoms with Gasteiger partial charge < -0.3 is 10.2 Å². The normalized spacial score (nSPS) is 12.0. The fourth-order valence-corrected chi connectivity index (χ4v) is 5.21. The predicted molar refractivity (Wildman–Crippen MR) is 142 cm³/mol. The minimum absolute atomic E-state index is 0.0689. The third-order valence-corrected chi connectivity index (χ3v) is 7.76. The highest BCUT2D eigenvalue weighted by molar-refractivity contribution is 7.92. The Kier molecular flexibility index (Phi) is 9.12. The van der Waals surface area contributed by atoms with E-state index in [-0.39, 0.29) is 17.3 Å². The lowest BCUT2D eigenvalue weighted by Crippen LogP contribution is -2.51. The Morgan fingerprint density at radius 3 is 2.14 bits per heavy atom. The molecule has 0 fully saturated rings. The summed E-state index contributed by atoms with van der Waals surface area (Å²) in [5.41, 5.74) is 2.07. The van der Waals surface area contributed by atoms with E-state index in [1.54, 1.807) is 80.6 Å². The fourth-order valence-electron chi connectivity index (χ4n) is 3.65. The second-order valence-electron chi connectivity index (χ2n) is 8.38. The van der Waals surface area contributed by atoms with Crippen molar-refractivity contribution >= 4 is 39.1 Å². The number of carbonyl (C=O) groups excluding carboxylic acids is 2. The van der Waals surface area contributed by atoms with Crippen LogP contribution in [0, 0.1) is 6.92 Å². The Hall–Kier alpha value is -3.36. The van der Waals surface area contributed by atoms with E-state index >= 15 is 0 Å². The molecule has 0 bridgehead atoms. The van der Waals surface area contributed by atoms with Crippen molar-refractivity contribution in [3.8, 4) is 0 Å². The van der Waals surface area contributed by atoms with Gasteiger partial charge in [-0.25, -0.2) is 8.42 Å². The van der Waals surface area contributed by atoms with Crippen molar-refractivity contribution in [1.82, 2.24) is 10.2 Å². The lowest BCUT2D eigenvalue weighted by Gasteiger charge is -2.32. The minimum Gasteiger partial charge on any atom is -0.355 e. The number of nitrogens with zero attached hydrogens (tertiary/aromatic N) is 2. The molecule has 0 aliphatic heterocycles. The molecule has 0 saturated heterocycles. The molecule has 0 radical (unpaired) electrons. The van der Waals surface area contributed by atoms with E-state index in [0.717, 1.165) is 15.4 Å². The first-order valence-electron chi connectivity index (χ1n) is 11.6. The number of likely N-dealkylation sites (N-methyl/N-ethyl adjacent to an activating group) is 1. The van der Waals surface area contributed by atoms with Crippen LogP contribution in [0.2, 0.25) is 5.02 Å². The summed E-state index contributed by atoms with van der Waals surface area (Å²) in [6, 6.07) is 21.0. The first-order chi connectivity index (χ1) is 17.1. The van der Waals surface area contributed by atoms with Gasteiger partial charge in [0, 0.05) is 18.1 Å². The van der Waals surface area contributed by atoms with E-state index in [9.17, 15) is 18.0 Å². The Morgan fingerprint density at radius 1 is 0.944 bits per heavy atom. The van der Waals surface area contributed by atoms with Gasteiger partial charge in [-0.15, -0.1) is 0 Å². The summed E-state index contributed by atoms with van der Waals surface area (Å²) in [5.74, 6) is -0.837. The van der Waals surface area contributed by atoms with Crippen LogP contribution >= 0.6 is 11.6 Å². The zero-order valence-electron chi connectivity index (χ0n) is 20.5. The number of benzene rings is 3. The van der Waals surface area contributed by atoms with Gasteiger partial charge in [0.05, 0.1) is 10.6 Å². The summed E-state index contributed by atoms with van der Waals surface area (Å²) < 4.78 is 28.4. The van der Waals surface area contributed by atoms with Gasteiger partial charge in [-0.05, 0) is 62.7 Å². The third-order valence-electron chi connectivity index (χ3n) is 5.72. The standard InChI is InChI=1S/C27H30ClN3O4S/c1-4-29-27(33)21(3)30(18-22-12-14-23(28)15-13-22)26(32)19-31(24-16-10-20(2)11-17-24)36(34,35)25-8-6-5-7-9-25/h5-17,21H,4,18-19H2,1-3H3,(H,29,33). The van der Waals surface area contributed by atoms with Crippen LogP contribution in [-0.4, -0.2) is 44.3 Å². The van der Waals surface area contributed by atoms with Crippen molar-refractivity contribution in [3.63, 3.8) is 0 Å². The SMILES string of the molecule is CCNC(=O)C(C)N(Cc1ccc(Cl)cc1)C(=O)CN(c1ccc(C)cc1)S(=O)(=O)c1ccccc1. The maximum Gasteiger partial charge on any atom is 0.264 e. The van der Waals surface area contributed by atoms with Crippen LogP contribution in [0.1, 0.15) is 25.0 Å². The molecule has 0 aromatic heterocycles. The smallest absolute Gasteiger partial charge is 0.264 e. The predicted octanol–water partition coefficient (Wildman–Crippen LogP) is 4.40. The molecule has 2 amide bonds. The molecule has 3 aromatic rings. The van der Waals surface area contributed by atoms with Gasteiger partial charge in [-0.3, -0.25) is 13.9 Å². The van der Waals surface area contributed by atoms with Gasteiger partial charge in [0.25, 0.3) is 10.0 Å². The second-order valence-corrected chi connectivity index (χ2v) is 10.7. The van der Waals surface area contributed by atoms with E-state index in [4.69, 9.17) is 11.6 Å². The van der Waals surface area contributed by atoms with Gasteiger partial charge >= 0.3 is 0 Å². The molecule has 0 saturated carbocycles. The fraction of sp³-hybridized carbons (Fsp3) is 0.259. The summed E-state index contributed by atoms with van der Waals surface area (Å²) >= 11 is 6.00. The molecule has 0 spiro atoms.